The second kappa shape index (κ2) is 16.3. The van der Waals surface area contributed by atoms with Crippen molar-refractivity contribution in [2.75, 3.05) is 6.54 Å². The highest BCUT2D eigenvalue weighted by molar-refractivity contribution is 6.46. The minimum absolute atomic E-state index is 0.00912. The largest absolute Gasteiger partial charge is 0.491 e. The van der Waals surface area contributed by atoms with Crippen LogP contribution in [0.15, 0.2) is 58.6 Å². The second-order valence-electron chi connectivity index (χ2n) is 14.8. The van der Waals surface area contributed by atoms with Crippen LogP contribution in [0.3, 0.4) is 0 Å². The fraction of sp³-hybridized carbons (Fsp3) is 0.568. The van der Waals surface area contributed by atoms with Gasteiger partial charge < -0.3 is 20.7 Å². The standard InChI is InChI=1S/C37H57N7O3/c1-10-37(22-26(6)20-24(2)3)41-33(29-12-11-13-30(21-29)47-25(4)5)35(46)44(37)31(18-19-36(7,8)9)27-14-16-28(17-15-27)34(45)40-23-32(38)42-43-39/h11-17,21,24-26,31,43H,10,18-20,22-23,39H2,1-9H3,(H2,38,42)(H,40,45)/t26?,31-,37?/m1/s1. The second-order valence-corrected chi connectivity index (χ2v) is 14.8. The van der Waals surface area contributed by atoms with E-state index in [4.69, 9.17) is 21.3 Å². The zero-order valence-corrected chi connectivity index (χ0v) is 29.9. The van der Waals surface area contributed by atoms with Crippen molar-refractivity contribution in [1.29, 1.82) is 0 Å². The molecule has 10 heteroatoms. The third-order valence-corrected chi connectivity index (χ3v) is 8.46. The van der Waals surface area contributed by atoms with Crippen LogP contribution in [0.25, 0.3) is 0 Å². The van der Waals surface area contributed by atoms with Crippen LogP contribution in [-0.4, -0.2) is 46.6 Å². The number of benzene rings is 2. The van der Waals surface area contributed by atoms with E-state index in [9.17, 15) is 9.59 Å². The zero-order chi connectivity index (χ0) is 34.9. The van der Waals surface area contributed by atoms with Crippen LogP contribution >= 0.6 is 0 Å². The van der Waals surface area contributed by atoms with E-state index in [1.165, 1.54) is 0 Å². The number of rotatable bonds is 16. The summed E-state index contributed by atoms with van der Waals surface area (Å²) in [7, 11) is 0. The highest BCUT2D eigenvalue weighted by Gasteiger charge is 2.50. The normalized spacial score (nSPS) is 18.4. The van der Waals surface area contributed by atoms with Crippen LogP contribution in [0.4, 0.5) is 0 Å². The van der Waals surface area contributed by atoms with Crippen molar-refractivity contribution in [1.82, 2.24) is 15.8 Å². The van der Waals surface area contributed by atoms with Crippen molar-refractivity contribution < 1.29 is 14.3 Å². The van der Waals surface area contributed by atoms with E-state index in [0.717, 1.165) is 36.8 Å². The Morgan fingerprint density at radius 3 is 2.34 bits per heavy atom. The first kappa shape index (κ1) is 37.5. The molecule has 0 aliphatic carbocycles. The van der Waals surface area contributed by atoms with Gasteiger partial charge in [-0.05, 0) is 93.0 Å². The Labute approximate surface area is 281 Å². The molecule has 1 aliphatic heterocycles. The topological polar surface area (TPSA) is 147 Å². The molecule has 6 N–H and O–H groups in total. The first-order chi connectivity index (χ1) is 22.1. The predicted molar refractivity (Wildman–Crippen MR) is 191 cm³/mol. The molecule has 10 nitrogen and oxygen atoms in total. The number of nitrogens with one attached hydrogen (secondary N) is 2. The molecule has 2 aromatic rings. The molecule has 0 bridgehead atoms. The lowest BCUT2D eigenvalue weighted by atomic mass is 9.83. The van der Waals surface area contributed by atoms with E-state index in [-0.39, 0.29) is 41.8 Å². The lowest BCUT2D eigenvalue weighted by Crippen LogP contribution is -2.49. The number of amides is 2. The van der Waals surface area contributed by atoms with Gasteiger partial charge in [-0.1, -0.05) is 72.7 Å². The molecule has 0 fully saturated rings. The minimum atomic E-state index is -0.720. The Kier molecular flexibility index (Phi) is 13.0. The smallest absolute Gasteiger partial charge is 0.275 e. The molecule has 47 heavy (non-hydrogen) atoms. The fourth-order valence-corrected chi connectivity index (χ4v) is 6.47. The van der Waals surface area contributed by atoms with Crippen molar-refractivity contribution in [3.8, 4) is 5.75 Å². The van der Waals surface area contributed by atoms with Gasteiger partial charge in [-0.15, -0.1) is 0 Å². The van der Waals surface area contributed by atoms with Gasteiger partial charge in [0, 0.05) is 11.1 Å². The van der Waals surface area contributed by atoms with Crippen molar-refractivity contribution in [3.63, 3.8) is 0 Å². The number of hydrogen-bond donors (Lipinski definition) is 4. The number of carbonyl (C=O) groups excluding carboxylic acids is 2. The molecule has 1 heterocycles. The third-order valence-electron chi connectivity index (χ3n) is 8.46. The average Bonchev–Trinajstić information content (AvgIpc) is 3.27. The van der Waals surface area contributed by atoms with Gasteiger partial charge >= 0.3 is 0 Å². The maximum atomic E-state index is 14.8. The Morgan fingerprint density at radius 1 is 1.09 bits per heavy atom. The summed E-state index contributed by atoms with van der Waals surface area (Å²) in [5.74, 6) is 6.57. The number of amidine groups is 1. The van der Waals surface area contributed by atoms with Crippen molar-refractivity contribution >= 4 is 23.4 Å². The van der Waals surface area contributed by atoms with Gasteiger partial charge in [-0.3, -0.25) is 14.6 Å². The van der Waals surface area contributed by atoms with Gasteiger partial charge in [-0.2, -0.15) is 5.10 Å². The number of carbonyl (C=O) groups is 2. The quantitative estimate of drug-likeness (QED) is 0.0726. The maximum Gasteiger partial charge on any atom is 0.275 e. The molecule has 0 radical (unpaired) electrons. The fourth-order valence-electron chi connectivity index (χ4n) is 6.47. The maximum absolute atomic E-state index is 14.8. The molecule has 2 amide bonds. The van der Waals surface area contributed by atoms with Gasteiger partial charge in [0.1, 0.15) is 23.0 Å². The van der Waals surface area contributed by atoms with Crippen LogP contribution in [-0.2, 0) is 4.79 Å². The summed E-state index contributed by atoms with van der Waals surface area (Å²) in [5.41, 5.74) is 9.88. The summed E-state index contributed by atoms with van der Waals surface area (Å²) in [4.78, 5) is 35.1. The van der Waals surface area contributed by atoms with E-state index in [0.29, 0.717) is 35.3 Å². The lowest BCUT2D eigenvalue weighted by molar-refractivity contribution is -0.132. The molecule has 2 aromatic carbocycles. The summed E-state index contributed by atoms with van der Waals surface area (Å²) < 4.78 is 5.99. The van der Waals surface area contributed by atoms with Gasteiger partial charge in [0.15, 0.2) is 0 Å². The monoisotopic (exact) mass is 647 g/mol. The van der Waals surface area contributed by atoms with Gasteiger partial charge in [0.05, 0.1) is 18.7 Å². The molecule has 0 aromatic heterocycles. The van der Waals surface area contributed by atoms with Crippen molar-refractivity contribution in [3.05, 3.63) is 65.2 Å². The Hall–Kier alpha value is -3.92. The van der Waals surface area contributed by atoms with E-state index in [1.54, 1.807) is 12.1 Å². The summed E-state index contributed by atoms with van der Waals surface area (Å²) >= 11 is 0. The highest BCUT2D eigenvalue weighted by atomic mass is 16.5. The molecule has 3 rings (SSSR count). The van der Waals surface area contributed by atoms with Crippen LogP contribution in [0.2, 0.25) is 0 Å². The molecular weight excluding hydrogens is 590 g/mol. The highest BCUT2D eigenvalue weighted by Crippen LogP contribution is 2.45. The van der Waals surface area contributed by atoms with Crippen LogP contribution in [0, 0.1) is 17.3 Å². The number of hydrazone groups is 1. The molecule has 0 saturated heterocycles. The van der Waals surface area contributed by atoms with E-state index >= 15 is 0 Å². The third kappa shape index (κ3) is 10.3. The summed E-state index contributed by atoms with van der Waals surface area (Å²) in [6.07, 6.45) is 4.13. The van der Waals surface area contributed by atoms with Crippen molar-refractivity contribution in [2.45, 2.75) is 112 Å². The summed E-state index contributed by atoms with van der Waals surface area (Å²) in [6.45, 7) is 19.6. The molecular formula is C37H57N7O3. The van der Waals surface area contributed by atoms with E-state index in [1.807, 2.05) is 50.2 Å². The molecule has 0 spiro atoms. The average molecular weight is 648 g/mol. The van der Waals surface area contributed by atoms with Gasteiger partial charge in [-0.25, -0.2) is 11.4 Å². The van der Waals surface area contributed by atoms with Crippen LogP contribution in [0.5, 0.6) is 5.75 Å². The number of hydrazine groups is 1. The Bertz CT molecular complexity index is 1410. The first-order valence-corrected chi connectivity index (χ1v) is 17.0. The van der Waals surface area contributed by atoms with Gasteiger partial charge in [0.2, 0.25) is 0 Å². The molecule has 3 atom stereocenters. The number of nitrogens with two attached hydrogens (primary N) is 2. The lowest BCUT2D eigenvalue weighted by Gasteiger charge is -2.43. The zero-order valence-electron chi connectivity index (χ0n) is 29.9. The summed E-state index contributed by atoms with van der Waals surface area (Å²) in [6, 6.07) is 15.0. The Balaban J connectivity index is 2.10. The van der Waals surface area contributed by atoms with E-state index < -0.39 is 5.66 Å². The molecule has 1 aliphatic rings. The van der Waals surface area contributed by atoms with Crippen LogP contribution in [0.1, 0.15) is 122 Å². The van der Waals surface area contributed by atoms with Crippen LogP contribution < -0.4 is 27.2 Å². The Morgan fingerprint density at radius 2 is 1.77 bits per heavy atom. The molecule has 0 saturated carbocycles. The number of aliphatic imine (C=N–C) groups is 1. The number of nitrogens with zero attached hydrogens (tertiary/aromatic N) is 3. The minimum Gasteiger partial charge on any atom is -0.491 e. The molecule has 258 valence electrons. The first-order valence-electron chi connectivity index (χ1n) is 17.0. The summed E-state index contributed by atoms with van der Waals surface area (Å²) in [5, 5.41) is 6.43. The predicted octanol–water partition coefficient (Wildman–Crippen LogP) is 6.32. The molecule has 2 unspecified atom stereocenters. The number of ether oxygens (including phenoxy) is 1. The van der Waals surface area contributed by atoms with Gasteiger partial charge in [0.25, 0.3) is 11.8 Å². The van der Waals surface area contributed by atoms with Crippen molar-refractivity contribution in [2.24, 2.45) is 38.9 Å². The van der Waals surface area contributed by atoms with E-state index in [2.05, 4.69) is 69.3 Å². The number of hydrogen-bond acceptors (Lipinski definition) is 7. The SMILES string of the molecule is CCC1(CC(C)CC(C)C)N=C(c2cccc(OC(C)C)c2)C(=O)N1[C@H](CCC(C)(C)C)c1ccc(C(=O)NC/C(N)=N/NN)cc1.